The highest BCUT2D eigenvalue weighted by Crippen LogP contribution is 2.48. The molecule has 0 saturated carbocycles. The van der Waals surface area contributed by atoms with Gasteiger partial charge in [-0.25, -0.2) is 8.78 Å². The average Bonchev–Trinajstić information content (AvgIpc) is 3.19. The molecule has 5 nitrogen and oxygen atoms in total. The molecule has 4 rings (SSSR count). The third-order valence-corrected chi connectivity index (χ3v) is 5.85. The van der Waals surface area contributed by atoms with Gasteiger partial charge in [-0.1, -0.05) is 17.7 Å². The maximum absolute atomic E-state index is 15.0. The Morgan fingerprint density at radius 3 is 2.37 bits per heavy atom. The summed E-state index contributed by atoms with van der Waals surface area (Å²) in [7, 11) is 0. The number of carbonyl (C=O) groups is 1. The second-order valence-corrected chi connectivity index (χ2v) is 8.47. The van der Waals surface area contributed by atoms with Crippen molar-refractivity contribution in [2.75, 3.05) is 13.1 Å². The van der Waals surface area contributed by atoms with Gasteiger partial charge in [-0.15, -0.1) is 0 Å². The third-order valence-electron chi connectivity index (χ3n) is 5.56. The van der Waals surface area contributed by atoms with E-state index < -0.39 is 65.4 Å². The molecular formula is C21H14ClF8N3O2. The molecule has 3 heterocycles. The molecule has 0 spiro atoms. The zero-order chi connectivity index (χ0) is 25.8. The van der Waals surface area contributed by atoms with Gasteiger partial charge in [-0.3, -0.25) is 20.1 Å². The van der Waals surface area contributed by atoms with E-state index >= 15 is 0 Å². The maximum atomic E-state index is 15.0. The fraction of sp³-hybridized carbons (Fsp3) is 0.333. The normalized spacial score (nSPS) is 21.9. The van der Waals surface area contributed by atoms with Gasteiger partial charge in [-0.2, -0.15) is 26.3 Å². The van der Waals surface area contributed by atoms with Crippen molar-refractivity contribution in [3.05, 3.63) is 70.3 Å². The largest absolute Gasteiger partial charge is 0.428 e. The highest BCUT2D eigenvalue weighted by atomic mass is 35.5. The van der Waals surface area contributed by atoms with Gasteiger partial charge >= 0.3 is 12.4 Å². The second kappa shape index (κ2) is 8.33. The van der Waals surface area contributed by atoms with Crippen molar-refractivity contribution in [1.29, 1.82) is 0 Å². The van der Waals surface area contributed by atoms with Crippen molar-refractivity contribution in [2.24, 2.45) is 0 Å². The number of benzene rings is 1. The highest BCUT2D eigenvalue weighted by molar-refractivity contribution is 6.30. The maximum Gasteiger partial charge on any atom is 0.428 e. The van der Waals surface area contributed by atoms with Crippen LogP contribution in [0, 0.1) is 5.82 Å². The van der Waals surface area contributed by atoms with E-state index in [0.717, 1.165) is 30.5 Å². The van der Waals surface area contributed by atoms with Gasteiger partial charge in [0.15, 0.2) is 5.67 Å². The summed E-state index contributed by atoms with van der Waals surface area (Å²) in [6.45, 7) is -1.28. The summed E-state index contributed by atoms with van der Waals surface area (Å²) < 4.78 is 107. The van der Waals surface area contributed by atoms with Crippen LogP contribution in [0.2, 0.25) is 5.02 Å². The molecule has 0 aliphatic carbocycles. The molecule has 1 N–H and O–H groups in total. The van der Waals surface area contributed by atoms with Crippen LogP contribution in [0.3, 0.4) is 0 Å². The Bertz CT molecular complexity index is 1180. The number of pyridine rings is 1. The van der Waals surface area contributed by atoms with E-state index in [-0.39, 0.29) is 17.0 Å². The zero-order valence-corrected chi connectivity index (χ0v) is 18.0. The van der Waals surface area contributed by atoms with Gasteiger partial charge in [0.25, 0.3) is 0 Å². The molecule has 35 heavy (non-hydrogen) atoms. The van der Waals surface area contributed by atoms with Crippen LogP contribution < -0.4 is 5.48 Å². The molecule has 188 valence electrons. The number of hydrogen-bond acceptors (Lipinski definition) is 4. The van der Waals surface area contributed by atoms with Crippen molar-refractivity contribution in [3.8, 4) is 0 Å². The molecule has 2 aliphatic rings. The van der Waals surface area contributed by atoms with E-state index in [1.165, 1.54) is 6.07 Å². The summed E-state index contributed by atoms with van der Waals surface area (Å²) in [4.78, 5) is 21.0. The zero-order valence-electron chi connectivity index (χ0n) is 17.3. The van der Waals surface area contributed by atoms with E-state index in [4.69, 9.17) is 16.4 Å². The Labute approximate surface area is 197 Å². The van der Waals surface area contributed by atoms with E-state index in [1.807, 2.05) is 0 Å². The average molecular weight is 528 g/mol. The first-order valence-electron chi connectivity index (χ1n) is 9.83. The SMILES string of the molecule is O=C(CC(F)(F)F)N1CC(F)(c2ccc(C3=CC(c4ccc(F)c(Cl)c4)(C(F)(F)F)ON3)cn2)C1. The van der Waals surface area contributed by atoms with Crippen molar-refractivity contribution >= 4 is 23.2 Å². The minimum Gasteiger partial charge on any atom is -0.335 e. The molecule has 2 aliphatic heterocycles. The number of nitrogens with one attached hydrogen (secondary N) is 1. The number of hydroxylamine groups is 1. The molecule has 1 aromatic carbocycles. The van der Waals surface area contributed by atoms with Crippen LogP contribution in [0.4, 0.5) is 35.1 Å². The van der Waals surface area contributed by atoms with Gasteiger partial charge in [0.1, 0.15) is 12.2 Å². The van der Waals surface area contributed by atoms with Crippen molar-refractivity contribution < 1.29 is 44.8 Å². The Balaban J connectivity index is 1.55. The van der Waals surface area contributed by atoms with E-state index in [0.29, 0.717) is 11.0 Å². The summed E-state index contributed by atoms with van der Waals surface area (Å²) >= 11 is 5.63. The molecule has 1 amide bonds. The van der Waals surface area contributed by atoms with Crippen LogP contribution >= 0.6 is 11.6 Å². The Morgan fingerprint density at radius 2 is 1.83 bits per heavy atom. The topological polar surface area (TPSA) is 54.5 Å². The summed E-state index contributed by atoms with van der Waals surface area (Å²) in [5, 5.41) is -0.543. The summed E-state index contributed by atoms with van der Waals surface area (Å²) in [5.41, 5.74) is -3.87. The molecule has 1 fully saturated rings. The lowest BCUT2D eigenvalue weighted by Crippen LogP contribution is -2.59. The minimum atomic E-state index is -4.99. The van der Waals surface area contributed by atoms with E-state index in [2.05, 4.69) is 10.5 Å². The molecule has 1 atom stereocenters. The van der Waals surface area contributed by atoms with Gasteiger partial charge in [0.2, 0.25) is 11.5 Å². The summed E-state index contributed by atoms with van der Waals surface area (Å²) in [5.74, 6) is -2.19. The van der Waals surface area contributed by atoms with E-state index in [9.17, 15) is 39.9 Å². The van der Waals surface area contributed by atoms with Gasteiger partial charge < -0.3 is 4.90 Å². The number of nitrogens with zero attached hydrogens (tertiary/aromatic N) is 2. The molecule has 14 heteroatoms. The van der Waals surface area contributed by atoms with Gasteiger partial charge in [-0.05, 0) is 30.3 Å². The number of likely N-dealkylation sites (tertiary alicyclic amines) is 1. The molecule has 1 aromatic heterocycles. The lowest BCUT2D eigenvalue weighted by Gasteiger charge is -2.44. The van der Waals surface area contributed by atoms with Crippen LogP contribution in [-0.2, 0) is 20.9 Å². The van der Waals surface area contributed by atoms with Crippen LogP contribution in [-0.4, -0.2) is 41.2 Å². The number of amides is 1. The Morgan fingerprint density at radius 1 is 1.14 bits per heavy atom. The lowest BCUT2D eigenvalue weighted by molar-refractivity contribution is -0.269. The van der Waals surface area contributed by atoms with Gasteiger partial charge in [0.05, 0.1) is 29.5 Å². The lowest BCUT2D eigenvalue weighted by atomic mass is 9.90. The molecule has 0 radical (unpaired) electrons. The monoisotopic (exact) mass is 527 g/mol. The number of carbonyl (C=O) groups excluding carboxylic acids is 1. The molecule has 0 bridgehead atoms. The Kier molecular flexibility index (Phi) is 5.99. The quantitative estimate of drug-likeness (QED) is 0.558. The highest BCUT2D eigenvalue weighted by Gasteiger charge is 2.59. The van der Waals surface area contributed by atoms with Crippen LogP contribution in [0.15, 0.2) is 42.6 Å². The molecule has 1 unspecified atom stereocenters. The van der Waals surface area contributed by atoms with Crippen molar-refractivity contribution in [2.45, 2.75) is 30.0 Å². The third kappa shape index (κ3) is 4.66. The second-order valence-electron chi connectivity index (χ2n) is 8.06. The predicted molar refractivity (Wildman–Crippen MR) is 106 cm³/mol. The van der Waals surface area contributed by atoms with Crippen molar-refractivity contribution in [3.63, 3.8) is 0 Å². The first kappa shape index (κ1) is 25.2. The fourth-order valence-electron chi connectivity index (χ4n) is 3.71. The molecular weight excluding hydrogens is 514 g/mol. The first-order valence-corrected chi connectivity index (χ1v) is 10.2. The summed E-state index contributed by atoms with van der Waals surface area (Å²) in [6, 6.07) is 4.79. The first-order chi connectivity index (χ1) is 16.1. The number of hydrogen-bond donors (Lipinski definition) is 1. The standard InChI is InChI=1S/C21H14ClF8N3O2/c22-13-5-12(2-3-14(13)23)19(21(28,29)30)6-15(32-35-19)11-1-4-16(31-8-11)18(24)9-33(10-18)17(34)7-20(25,26)27/h1-6,8,32H,7,9-10H2. The smallest absolute Gasteiger partial charge is 0.335 e. The predicted octanol–water partition coefficient (Wildman–Crippen LogP) is 5.17. The molecule has 2 aromatic rings. The minimum absolute atomic E-state index is 0.0704. The number of rotatable bonds is 4. The van der Waals surface area contributed by atoms with Gasteiger partial charge in [0, 0.05) is 17.3 Å². The van der Waals surface area contributed by atoms with Crippen LogP contribution in [0.5, 0.6) is 0 Å². The Hall–Kier alpha value is -2.93. The fourth-order valence-corrected chi connectivity index (χ4v) is 3.89. The van der Waals surface area contributed by atoms with Crippen LogP contribution in [0.25, 0.3) is 5.70 Å². The molecule has 1 saturated heterocycles. The van der Waals surface area contributed by atoms with Crippen LogP contribution in [0.1, 0.15) is 23.2 Å². The number of alkyl halides is 7. The number of halogens is 9. The van der Waals surface area contributed by atoms with E-state index in [1.54, 1.807) is 0 Å². The summed E-state index contributed by atoms with van der Waals surface area (Å²) in [6.07, 6.45) is -9.68. The van der Waals surface area contributed by atoms with Crippen molar-refractivity contribution in [1.82, 2.24) is 15.4 Å². The number of aromatic nitrogens is 1.